The Morgan fingerprint density at radius 2 is 2.00 bits per heavy atom. The monoisotopic (exact) mass is 127 g/mol. The molecule has 1 heteroatoms. The average Bonchev–Trinajstić information content (AvgIpc) is 2.34. The van der Waals surface area contributed by atoms with Crippen molar-refractivity contribution in [2.45, 2.75) is 45.1 Å². The zero-order valence-corrected chi connectivity index (χ0v) is 6.32. The van der Waals surface area contributed by atoms with Crippen LogP contribution < -0.4 is 5.32 Å². The molecule has 1 aliphatic carbocycles. The van der Waals surface area contributed by atoms with Crippen LogP contribution in [0.15, 0.2) is 0 Å². The van der Waals surface area contributed by atoms with Gasteiger partial charge in [-0.2, -0.15) is 0 Å². The summed E-state index contributed by atoms with van der Waals surface area (Å²) < 4.78 is 0. The highest BCUT2D eigenvalue weighted by molar-refractivity contribution is 4.72. The second kappa shape index (κ2) is 3.89. The van der Waals surface area contributed by atoms with E-state index in [1.807, 2.05) is 0 Å². The molecule has 0 bridgehead atoms. The van der Waals surface area contributed by atoms with Crippen molar-refractivity contribution in [1.82, 2.24) is 5.32 Å². The Kier molecular flexibility index (Phi) is 3.05. The smallest absolute Gasteiger partial charge is 0.00670 e. The number of hydrogen-bond acceptors (Lipinski definition) is 1. The van der Waals surface area contributed by atoms with Crippen LogP contribution in [0, 0.1) is 0 Å². The molecule has 9 heavy (non-hydrogen) atoms. The molecule has 1 N–H and O–H groups in total. The molecule has 0 aromatic carbocycles. The van der Waals surface area contributed by atoms with Gasteiger partial charge in [0.2, 0.25) is 0 Å². The van der Waals surface area contributed by atoms with E-state index in [0.717, 1.165) is 6.04 Å². The van der Waals surface area contributed by atoms with Crippen LogP contribution in [0.25, 0.3) is 0 Å². The number of nitrogens with one attached hydrogen (secondary N) is 1. The lowest BCUT2D eigenvalue weighted by atomic mass is 10.2. The van der Waals surface area contributed by atoms with Crippen LogP contribution in [0.2, 0.25) is 0 Å². The van der Waals surface area contributed by atoms with E-state index in [2.05, 4.69) is 12.2 Å². The van der Waals surface area contributed by atoms with Crippen LogP contribution in [-0.4, -0.2) is 12.6 Å². The van der Waals surface area contributed by atoms with E-state index in [1.165, 1.54) is 38.6 Å². The predicted molar refractivity (Wildman–Crippen MR) is 40.5 cm³/mol. The van der Waals surface area contributed by atoms with Gasteiger partial charge in [-0.3, -0.25) is 0 Å². The molecule has 0 aliphatic heterocycles. The molecule has 0 amide bonds. The zero-order chi connectivity index (χ0) is 6.53. The fraction of sp³-hybridized carbons (Fsp3) is 1.00. The molecule has 0 saturated heterocycles. The first-order chi connectivity index (χ1) is 4.43. The van der Waals surface area contributed by atoms with Gasteiger partial charge in [0.1, 0.15) is 0 Å². The van der Waals surface area contributed by atoms with Crippen molar-refractivity contribution < 1.29 is 0 Å². The summed E-state index contributed by atoms with van der Waals surface area (Å²) in [6, 6.07) is 0.866. The Hall–Kier alpha value is -0.0400. The van der Waals surface area contributed by atoms with Gasteiger partial charge in [0.15, 0.2) is 0 Å². The van der Waals surface area contributed by atoms with Gasteiger partial charge in [-0.15, -0.1) is 0 Å². The minimum atomic E-state index is 0.866. The van der Waals surface area contributed by atoms with Gasteiger partial charge in [0, 0.05) is 6.04 Å². The van der Waals surface area contributed by atoms with Crippen LogP contribution in [0.4, 0.5) is 0 Å². The van der Waals surface area contributed by atoms with Crippen molar-refractivity contribution in [2.24, 2.45) is 0 Å². The molecule has 0 aromatic rings. The van der Waals surface area contributed by atoms with Gasteiger partial charge in [0.25, 0.3) is 0 Å². The normalized spacial score (nSPS) is 21.0. The topological polar surface area (TPSA) is 12.0 Å². The van der Waals surface area contributed by atoms with E-state index >= 15 is 0 Å². The van der Waals surface area contributed by atoms with Crippen molar-refractivity contribution >= 4 is 0 Å². The molecule has 1 saturated carbocycles. The third kappa shape index (κ3) is 2.35. The molecule has 0 heterocycles. The second-order valence-corrected chi connectivity index (χ2v) is 2.94. The van der Waals surface area contributed by atoms with Crippen molar-refractivity contribution in [3.05, 3.63) is 0 Å². The lowest BCUT2D eigenvalue weighted by Crippen LogP contribution is -2.26. The lowest BCUT2D eigenvalue weighted by molar-refractivity contribution is 0.523. The van der Waals surface area contributed by atoms with Crippen molar-refractivity contribution in [2.75, 3.05) is 6.54 Å². The molecule has 1 fully saturated rings. The molecule has 0 unspecified atom stereocenters. The van der Waals surface area contributed by atoms with Crippen LogP contribution in [-0.2, 0) is 0 Å². The fourth-order valence-electron chi connectivity index (χ4n) is 1.48. The first kappa shape index (κ1) is 7.07. The Morgan fingerprint density at radius 1 is 1.33 bits per heavy atom. The molecule has 54 valence electrons. The van der Waals surface area contributed by atoms with Crippen molar-refractivity contribution in [3.63, 3.8) is 0 Å². The summed E-state index contributed by atoms with van der Waals surface area (Å²) in [5.74, 6) is 0. The molecule has 1 rings (SSSR count). The van der Waals surface area contributed by atoms with E-state index in [1.54, 1.807) is 0 Å². The summed E-state index contributed by atoms with van der Waals surface area (Å²) in [6.07, 6.45) is 7.00. The standard InChI is InChI=1S/C8H17N/c1-2-7-9-8-5-3-4-6-8/h8-9H,2-7H2,1H3. The quantitative estimate of drug-likeness (QED) is 0.611. The predicted octanol–water partition coefficient (Wildman–Crippen LogP) is 1.93. The Bertz CT molecular complexity index is 65.0. The molecule has 1 nitrogen and oxygen atoms in total. The summed E-state index contributed by atoms with van der Waals surface area (Å²) in [6.45, 7) is 3.44. The fourth-order valence-corrected chi connectivity index (χ4v) is 1.48. The summed E-state index contributed by atoms with van der Waals surface area (Å²) in [4.78, 5) is 0. The van der Waals surface area contributed by atoms with Gasteiger partial charge < -0.3 is 5.32 Å². The van der Waals surface area contributed by atoms with Crippen LogP contribution in [0.1, 0.15) is 39.0 Å². The maximum absolute atomic E-state index is 3.53. The molecule has 0 atom stereocenters. The Balaban J connectivity index is 1.98. The van der Waals surface area contributed by atoms with E-state index in [9.17, 15) is 0 Å². The molecule has 0 radical (unpaired) electrons. The highest BCUT2D eigenvalue weighted by Crippen LogP contribution is 2.17. The molecular weight excluding hydrogens is 110 g/mol. The van der Waals surface area contributed by atoms with Crippen LogP contribution >= 0.6 is 0 Å². The number of hydrogen-bond donors (Lipinski definition) is 1. The van der Waals surface area contributed by atoms with Crippen LogP contribution in [0.5, 0.6) is 0 Å². The summed E-state index contributed by atoms with van der Waals surface area (Å²) in [5.41, 5.74) is 0. The second-order valence-electron chi connectivity index (χ2n) is 2.94. The number of rotatable bonds is 3. The third-order valence-electron chi connectivity index (χ3n) is 2.04. The highest BCUT2D eigenvalue weighted by Gasteiger charge is 2.12. The van der Waals surface area contributed by atoms with E-state index in [4.69, 9.17) is 0 Å². The van der Waals surface area contributed by atoms with Crippen molar-refractivity contribution in [3.8, 4) is 0 Å². The largest absolute Gasteiger partial charge is 0.314 e. The van der Waals surface area contributed by atoms with Gasteiger partial charge in [-0.25, -0.2) is 0 Å². The average molecular weight is 127 g/mol. The minimum absolute atomic E-state index is 0.866. The Morgan fingerprint density at radius 3 is 2.56 bits per heavy atom. The van der Waals surface area contributed by atoms with Gasteiger partial charge in [-0.1, -0.05) is 19.8 Å². The molecule has 0 spiro atoms. The summed E-state index contributed by atoms with van der Waals surface area (Å²) in [5, 5.41) is 3.53. The van der Waals surface area contributed by atoms with Gasteiger partial charge in [0.05, 0.1) is 0 Å². The minimum Gasteiger partial charge on any atom is -0.314 e. The highest BCUT2D eigenvalue weighted by atomic mass is 14.9. The molecule has 0 aromatic heterocycles. The Labute approximate surface area is 57.8 Å². The van der Waals surface area contributed by atoms with Crippen LogP contribution in [0.3, 0.4) is 0 Å². The maximum atomic E-state index is 3.53. The SMILES string of the molecule is CCCNC1CCCC1. The van der Waals surface area contributed by atoms with Gasteiger partial charge in [-0.05, 0) is 25.8 Å². The molecule has 1 aliphatic rings. The van der Waals surface area contributed by atoms with E-state index in [0.29, 0.717) is 0 Å². The van der Waals surface area contributed by atoms with E-state index in [-0.39, 0.29) is 0 Å². The lowest BCUT2D eigenvalue weighted by Gasteiger charge is -2.09. The van der Waals surface area contributed by atoms with Crippen molar-refractivity contribution in [1.29, 1.82) is 0 Å². The maximum Gasteiger partial charge on any atom is 0.00670 e. The zero-order valence-electron chi connectivity index (χ0n) is 6.32. The molecular formula is C8H17N. The van der Waals surface area contributed by atoms with Gasteiger partial charge >= 0.3 is 0 Å². The van der Waals surface area contributed by atoms with E-state index < -0.39 is 0 Å². The first-order valence-electron chi connectivity index (χ1n) is 4.17. The summed E-state index contributed by atoms with van der Waals surface area (Å²) >= 11 is 0. The first-order valence-corrected chi connectivity index (χ1v) is 4.17. The summed E-state index contributed by atoms with van der Waals surface area (Å²) in [7, 11) is 0. The third-order valence-corrected chi connectivity index (χ3v) is 2.04.